The Balaban J connectivity index is 2.02. The van der Waals surface area contributed by atoms with Crippen LogP contribution in [0.15, 0.2) is 90.8 Å². The molecule has 1 saturated carbocycles. The molecule has 2 atom stereocenters. The number of hydrogen-bond acceptors (Lipinski definition) is 5. The van der Waals surface area contributed by atoms with E-state index in [1.165, 1.54) is 0 Å². The van der Waals surface area contributed by atoms with Crippen LogP contribution in [0.4, 0.5) is 0 Å². The Bertz CT molecular complexity index is 1190. The molecule has 1 aliphatic rings. The molecule has 1 aliphatic carbocycles. The molecule has 4 rings (SSSR count). The molecule has 1 aromatic heterocycles. The van der Waals surface area contributed by atoms with Gasteiger partial charge in [-0.05, 0) is 17.2 Å². The van der Waals surface area contributed by atoms with Crippen molar-refractivity contribution in [2.24, 2.45) is 5.41 Å². The minimum absolute atomic E-state index is 0.0475. The number of Topliss-reactive ketones (excluding diaryl/α,β-unsaturated/α-hetero) is 1. The average molecular weight is 405 g/mol. The summed E-state index contributed by atoms with van der Waals surface area (Å²) in [5.41, 5.74) is 0.219. The lowest BCUT2D eigenvalue weighted by atomic mass is 9.55. The lowest BCUT2D eigenvalue weighted by Gasteiger charge is -2.41. The Labute approximate surface area is 180 Å². The first-order chi connectivity index (χ1) is 15.1. The quantitative estimate of drug-likeness (QED) is 0.492. The molecule has 150 valence electrons. The topological polar surface area (TPSA) is 97.8 Å². The number of benzene rings is 2. The van der Waals surface area contributed by atoms with Crippen LogP contribution in [-0.2, 0) is 4.79 Å². The highest BCUT2D eigenvalue weighted by atomic mass is 16.3. The number of aliphatic hydroxyl groups is 1. The number of aromatic nitrogens is 1. The van der Waals surface area contributed by atoms with Gasteiger partial charge < -0.3 is 5.11 Å². The molecule has 5 heteroatoms. The number of hydrogen-bond donors (Lipinski definition) is 1. The van der Waals surface area contributed by atoms with E-state index in [1.54, 1.807) is 48.8 Å². The molecule has 2 aromatic carbocycles. The van der Waals surface area contributed by atoms with Gasteiger partial charge in [-0.15, -0.1) is 0 Å². The van der Waals surface area contributed by atoms with Gasteiger partial charge in [0.25, 0.3) is 0 Å². The molecule has 0 aliphatic heterocycles. The van der Waals surface area contributed by atoms with Crippen molar-refractivity contribution >= 4 is 11.5 Å². The summed E-state index contributed by atoms with van der Waals surface area (Å²) in [6.07, 6.45) is 3.09. The van der Waals surface area contributed by atoms with Crippen LogP contribution in [0, 0.1) is 28.1 Å². The molecular weight excluding hydrogens is 386 g/mol. The average Bonchev–Trinajstić information content (AvgIpc) is 2.84. The summed E-state index contributed by atoms with van der Waals surface area (Å²) in [5.74, 6) is -2.09. The van der Waals surface area contributed by atoms with Gasteiger partial charge in [-0.25, -0.2) is 0 Å². The van der Waals surface area contributed by atoms with E-state index in [-0.39, 0.29) is 23.5 Å². The number of rotatable bonds is 3. The second-order valence-corrected chi connectivity index (χ2v) is 7.53. The number of nitrogens with zero attached hydrogens (tertiary/aromatic N) is 3. The predicted molar refractivity (Wildman–Crippen MR) is 115 cm³/mol. The van der Waals surface area contributed by atoms with Gasteiger partial charge in [-0.2, -0.15) is 10.5 Å². The lowest BCUT2D eigenvalue weighted by Crippen LogP contribution is -2.42. The van der Waals surface area contributed by atoms with Gasteiger partial charge >= 0.3 is 0 Å². The summed E-state index contributed by atoms with van der Waals surface area (Å²) in [7, 11) is 0. The number of ketones is 1. The highest BCUT2D eigenvalue weighted by Crippen LogP contribution is 2.56. The van der Waals surface area contributed by atoms with Gasteiger partial charge in [-0.3, -0.25) is 9.78 Å². The van der Waals surface area contributed by atoms with Crippen molar-refractivity contribution in [2.45, 2.75) is 18.3 Å². The van der Waals surface area contributed by atoms with E-state index in [9.17, 15) is 20.4 Å². The molecule has 0 bridgehead atoms. The Kier molecular flexibility index (Phi) is 5.35. The highest BCUT2D eigenvalue weighted by molar-refractivity contribution is 6.05. The maximum Gasteiger partial charge on any atom is 0.164 e. The largest absolute Gasteiger partial charge is 0.507 e. The maximum atomic E-state index is 13.4. The van der Waals surface area contributed by atoms with Crippen molar-refractivity contribution in [3.05, 3.63) is 107 Å². The minimum Gasteiger partial charge on any atom is -0.507 e. The Morgan fingerprint density at radius 3 is 2.13 bits per heavy atom. The summed E-state index contributed by atoms with van der Waals surface area (Å²) in [4.78, 5) is 17.6. The van der Waals surface area contributed by atoms with E-state index in [0.29, 0.717) is 11.1 Å². The zero-order chi connectivity index (χ0) is 21.8. The van der Waals surface area contributed by atoms with Crippen molar-refractivity contribution in [2.75, 3.05) is 0 Å². The van der Waals surface area contributed by atoms with Gasteiger partial charge in [0.05, 0.1) is 18.1 Å². The summed E-state index contributed by atoms with van der Waals surface area (Å²) >= 11 is 0. The van der Waals surface area contributed by atoms with Crippen LogP contribution in [0.1, 0.15) is 34.9 Å². The van der Waals surface area contributed by atoms with Crippen LogP contribution in [-0.4, -0.2) is 15.9 Å². The Hall–Kier alpha value is -4.22. The molecule has 1 fully saturated rings. The first kappa shape index (κ1) is 20.1. The van der Waals surface area contributed by atoms with Crippen LogP contribution in [0.5, 0.6) is 0 Å². The number of pyridine rings is 1. The number of allylic oxidation sites excluding steroid dienone is 1. The van der Waals surface area contributed by atoms with Gasteiger partial charge in [-0.1, -0.05) is 66.7 Å². The molecule has 0 amide bonds. The normalized spacial score (nSPS) is 21.5. The highest BCUT2D eigenvalue weighted by Gasteiger charge is 2.56. The molecular formula is C26H19N3O2. The van der Waals surface area contributed by atoms with E-state index in [4.69, 9.17) is 0 Å². The van der Waals surface area contributed by atoms with Gasteiger partial charge in [0.15, 0.2) is 11.2 Å². The molecule has 0 saturated heterocycles. The van der Waals surface area contributed by atoms with Crippen molar-refractivity contribution < 1.29 is 9.90 Å². The first-order valence-electron chi connectivity index (χ1n) is 9.91. The fraction of sp³-hybridized carbons (Fsp3) is 0.154. The van der Waals surface area contributed by atoms with E-state index in [2.05, 4.69) is 17.1 Å². The van der Waals surface area contributed by atoms with Crippen LogP contribution in [0.3, 0.4) is 0 Å². The standard InChI is InChI=1S/C26H19N3O2/c27-16-26(17-28)21(18-8-3-1-4-9-18)14-22(30)23(24(26)20-12-7-13-29-15-20)25(31)19-10-5-2-6-11-19/h1-13,15,21,24,31H,14H2/b25-23-/t21-,24+/m0/s1. The zero-order valence-electron chi connectivity index (χ0n) is 16.6. The molecule has 5 nitrogen and oxygen atoms in total. The SMILES string of the molecule is N#CC1(C#N)[C@H](c2ccccc2)CC(=O)/C(=C(/O)c2ccccc2)[C@H]1c1cccnc1. The Morgan fingerprint density at radius 2 is 1.55 bits per heavy atom. The van der Waals surface area contributed by atoms with E-state index in [0.717, 1.165) is 5.56 Å². The minimum atomic E-state index is -1.60. The van der Waals surface area contributed by atoms with Crippen molar-refractivity contribution in [3.8, 4) is 12.1 Å². The van der Waals surface area contributed by atoms with Crippen LogP contribution >= 0.6 is 0 Å². The monoisotopic (exact) mass is 405 g/mol. The lowest BCUT2D eigenvalue weighted by molar-refractivity contribution is -0.118. The molecule has 3 aromatic rings. The second kappa shape index (κ2) is 8.26. The fourth-order valence-electron chi connectivity index (χ4n) is 4.42. The number of carbonyl (C=O) groups excluding carboxylic acids is 1. The van der Waals surface area contributed by atoms with Crippen molar-refractivity contribution in [3.63, 3.8) is 0 Å². The first-order valence-corrected chi connectivity index (χ1v) is 9.91. The van der Waals surface area contributed by atoms with Crippen LogP contribution < -0.4 is 0 Å². The number of aliphatic hydroxyl groups excluding tert-OH is 1. The summed E-state index contributed by atoms with van der Waals surface area (Å²) in [6.45, 7) is 0. The third-order valence-corrected chi connectivity index (χ3v) is 5.88. The summed E-state index contributed by atoms with van der Waals surface area (Å²) in [6, 6.07) is 25.8. The Morgan fingerprint density at radius 1 is 0.935 bits per heavy atom. The third kappa shape index (κ3) is 3.37. The molecule has 0 radical (unpaired) electrons. The van der Waals surface area contributed by atoms with E-state index >= 15 is 0 Å². The van der Waals surface area contributed by atoms with Gasteiger partial charge in [0.1, 0.15) is 5.76 Å². The number of nitriles is 2. The molecule has 1 heterocycles. The molecule has 0 spiro atoms. The van der Waals surface area contributed by atoms with Gasteiger partial charge in [0.2, 0.25) is 0 Å². The number of carbonyl (C=O) groups is 1. The summed E-state index contributed by atoms with van der Waals surface area (Å²) in [5, 5.41) is 31.9. The molecule has 0 unspecified atom stereocenters. The van der Waals surface area contributed by atoms with Crippen LogP contribution in [0.25, 0.3) is 5.76 Å². The predicted octanol–water partition coefficient (Wildman–Crippen LogP) is 4.92. The second-order valence-electron chi connectivity index (χ2n) is 7.53. The van der Waals surface area contributed by atoms with E-state index in [1.807, 2.05) is 36.4 Å². The van der Waals surface area contributed by atoms with Crippen molar-refractivity contribution in [1.29, 1.82) is 10.5 Å². The van der Waals surface area contributed by atoms with E-state index < -0.39 is 17.3 Å². The smallest absolute Gasteiger partial charge is 0.164 e. The van der Waals surface area contributed by atoms with Gasteiger partial charge in [0, 0.05) is 35.9 Å². The van der Waals surface area contributed by atoms with Crippen molar-refractivity contribution in [1.82, 2.24) is 4.98 Å². The fourth-order valence-corrected chi connectivity index (χ4v) is 4.42. The van der Waals surface area contributed by atoms with Crippen LogP contribution in [0.2, 0.25) is 0 Å². The zero-order valence-corrected chi connectivity index (χ0v) is 16.6. The third-order valence-electron chi connectivity index (χ3n) is 5.88. The maximum absolute atomic E-state index is 13.4. The molecule has 1 N–H and O–H groups in total. The molecule has 31 heavy (non-hydrogen) atoms. The summed E-state index contributed by atoms with van der Waals surface area (Å²) < 4.78 is 0.